The summed E-state index contributed by atoms with van der Waals surface area (Å²) in [5.74, 6) is -0.279. The third kappa shape index (κ3) is 5.34. The van der Waals surface area contributed by atoms with Crippen LogP contribution in [-0.2, 0) is 14.8 Å². The smallest absolute Gasteiger partial charge is 0.377 e. The van der Waals surface area contributed by atoms with Gasteiger partial charge in [-0.1, -0.05) is 0 Å². The van der Waals surface area contributed by atoms with Crippen molar-refractivity contribution in [2.75, 3.05) is 45.1 Å². The molecule has 0 aliphatic carbocycles. The predicted octanol–water partition coefficient (Wildman–Crippen LogP) is -0.0791. The number of alkyl halides is 3. The average Bonchev–Trinajstić information content (AvgIpc) is 2.90. The Hall–Kier alpha value is -0.420. The second kappa shape index (κ2) is 7.43. The molecule has 2 saturated heterocycles. The third-order valence-electron chi connectivity index (χ3n) is 3.90. The van der Waals surface area contributed by atoms with Gasteiger partial charge in [0.1, 0.15) is 6.04 Å². The van der Waals surface area contributed by atoms with Crippen LogP contribution in [0.1, 0.15) is 12.8 Å². The van der Waals surface area contributed by atoms with Gasteiger partial charge >= 0.3 is 6.18 Å². The van der Waals surface area contributed by atoms with Crippen molar-refractivity contribution in [1.82, 2.24) is 14.9 Å². The van der Waals surface area contributed by atoms with Gasteiger partial charge in [-0.2, -0.15) is 13.2 Å². The first kappa shape index (κ1) is 17.9. The first-order valence-electron chi connectivity index (χ1n) is 7.38. The van der Waals surface area contributed by atoms with Crippen molar-refractivity contribution in [3.63, 3.8) is 0 Å². The minimum atomic E-state index is -4.47. The Labute approximate surface area is 128 Å². The van der Waals surface area contributed by atoms with E-state index in [1.165, 1.54) is 4.90 Å². The summed E-state index contributed by atoms with van der Waals surface area (Å²) in [6, 6.07) is -1.80. The molecule has 2 fully saturated rings. The van der Waals surface area contributed by atoms with Gasteiger partial charge in [0.15, 0.2) is 0 Å². The summed E-state index contributed by atoms with van der Waals surface area (Å²) in [6.45, 7) is 1.28. The maximum Gasteiger partial charge on any atom is 0.405 e. The van der Waals surface area contributed by atoms with E-state index < -0.39 is 34.9 Å². The van der Waals surface area contributed by atoms with E-state index >= 15 is 0 Å². The highest BCUT2D eigenvalue weighted by Crippen LogP contribution is 2.25. The predicted molar refractivity (Wildman–Crippen MR) is 75.0 cm³/mol. The fraction of sp³-hybridized carbons (Fsp3) is 1.00. The standard InChI is InChI=1S/C12H22F3N3O3S/c13-12(14,15)11(18-5-3-16-4-6-18)8-17-22(19,20)9-10-2-1-7-21-10/h10-11,16-17H,1-9H2. The summed E-state index contributed by atoms with van der Waals surface area (Å²) in [6.07, 6.45) is -3.47. The summed E-state index contributed by atoms with van der Waals surface area (Å²) in [4.78, 5) is 1.27. The van der Waals surface area contributed by atoms with Crippen LogP contribution in [0.3, 0.4) is 0 Å². The molecule has 2 heterocycles. The second-order valence-electron chi connectivity index (χ2n) is 5.61. The zero-order chi connectivity index (χ0) is 16.2. The SMILES string of the molecule is O=S(=O)(CC1CCCO1)NCC(N1CCNCC1)C(F)(F)F. The van der Waals surface area contributed by atoms with Crippen molar-refractivity contribution < 1.29 is 26.3 Å². The minimum absolute atomic E-state index is 0.248. The van der Waals surface area contributed by atoms with E-state index in [9.17, 15) is 21.6 Å². The summed E-state index contributed by atoms with van der Waals surface area (Å²) >= 11 is 0. The number of ether oxygens (including phenoxy) is 1. The van der Waals surface area contributed by atoms with Crippen LogP contribution in [0.5, 0.6) is 0 Å². The van der Waals surface area contributed by atoms with Crippen LogP contribution in [0, 0.1) is 0 Å². The molecule has 0 spiro atoms. The first-order valence-corrected chi connectivity index (χ1v) is 9.03. The van der Waals surface area contributed by atoms with Gasteiger partial charge in [0.25, 0.3) is 0 Å². The molecule has 2 aliphatic rings. The number of sulfonamides is 1. The quantitative estimate of drug-likeness (QED) is 0.705. The first-order chi connectivity index (χ1) is 10.3. The van der Waals surface area contributed by atoms with Gasteiger partial charge in [0.2, 0.25) is 10.0 Å². The molecule has 10 heteroatoms. The lowest BCUT2D eigenvalue weighted by Crippen LogP contribution is -2.57. The zero-order valence-electron chi connectivity index (χ0n) is 12.2. The van der Waals surface area contributed by atoms with E-state index in [1.54, 1.807) is 0 Å². The van der Waals surface area contributed by atoms with Crippen LogP contribution in [-0.4, -0.2) is 76.7 Å². The van der Waals surface area contributed by atoms with Crippen molar-refractivity contribution in [1.29, 1.82) is 0 Å². The van der Waals surface area contributed by atoms with Crippen LogP contribution in [0.15, 0.2) is 0 Å². The van der Waals surface area contributed by atoms with Crippen molar-refractivity contribution in [2.45, 2.75) is 31.2 Å². The van der Waals surface area contributed by atoms with Crippen LogP contribution < -0.4 is 10.0 Å². The monoisotopic (exact) mass is 345 g/mol. The molecule has 0 radical (unpaired) electrons. The van der Waals surface area contributed by atoms with Gasteiger partial charge in [0, 0.05) is 39.3 Å². The van der Waals surface area contributed by atoms with Gasteiger partial charge in [-0.05, 0) is 12.8 Å². The van der Waals surface area contributed by atoms with Crippen molar-refractivity contribution in [3.8, 4) is 0 Å². The topological polar surface area (TPSA) is 70.7 Å². The Kier molecular flexibility index (Phi) is 6.06. The van der Waals surface area contributed by atoms with E-state index in [0.717, 1.165) is 6.42 Å². The normalized spacial score (nSPS) is 26.2. The molecule has 2 N–H and O–H groups in total. The highest BCUT2D eigenvalue weighted by atomic mass is 32.2. The number of rotatable bonds is 6. The molecule has 2 unspecified atom stereocenters. The summed E-state index contributed by atoms with van der Waals surface area (Å²) in [5, 5.41) is 2.98. The molecule has 0 amide bonds. The van der Waals surface area contributed by atoms with E-state index in [0.29, 0.717) is 26.1 Å². The van der Waals surface area contributed by atoms with E-state index in [2.05, 4.69) is 10.0 Å². The molecule has 0 saturated carbocycles. The van der Waals surface area contributed by atoms with E-state index in [4.69, 9.17) is 4.74 Å². The van der Waals surface area contributed by atoms with Crippen LogP contribution >= 0.6 is 0 Å². The Morgan fingerprint density at radius 2 is 2.00 bits per heavy atom. The summed E-state index contributed by atoms with van der Waals surface area (Å²) in [5.41, 5.74) is 0. The Morgan fingerprint density at radius 3 is 2.55 bits per heavy atom. The highest BCUT2D eigenvalue weighted by Gasteiger charge is 2.44. The van der Waals surface area contributed by atoms with Gasteiger partial charge in [-0.25, -0.2) is 13.1 Å². The lowest BCUT2D eigenvalue weighted by atomic mass is 10.2. The summed E-state index contributed by atoms with van der Waals surface area (Å²) in [7, 11) is -3.78. The second-order valence-corrected chi connectivity index (χ2v) is 7.46. The molecule has 0 aromatic rings. The van der Waals surface area contributed by atoms with Crippen molar-refractivity contribution in [3.05, 3.63) is 0 Å². The molecule has 2 aliphatic heterocycles. The number of hydrogen-bond donors (Lipinski definition) is 2. The molecular weight excluding hydrogens is 323 g/mol. The Balaban J connectivity index is 1.92. The minimum Gasteiger partial charge on any atom is -0.377 e. The zero-order valence-corrected chi connectivity index (χ0v) is 13.0. The fourth-order valence-corrected chi connectivity index (χ4v) is 4.01. The lowest BCUT2D eigenvalue weighted by Gasteiger charge is -2.35. The van der Waals surface area contributed by atoms with Crippen molar-refractivity contribution in [2.24, 2.45) is 0 Å². The van der Waals surface area contributed by atoms with Crippen molar-refractivity contribution >= 4 is 10.0 Å². The number of nitrogens with zero attached hydrogens (tertiary/aromatic N) is 1. The van der Waals surface area contributed by atoms with Crippen LogP contribution in [0.25, 0.3) is 0 Å². The van der Waals surface area contributed by atoms with Gasteiger partial charge in [-0.3, -0.25) is 4.90 Å². The maximum atomic E-state index is 13.2. The van der Waals surface area contributed by atoms with Gasteiger partial charge in [-0.15, -0.1) is 0 Å². The number of halogens is 3. The maximum absolute atomic E-state index is 13.2. The molecule has 2 rings (SSSR count). The molecule has 0 aromatic heterocycles. The Bertz CT molecular complexity index is 446. The molecule has 130 valence electrons. The number of nitrogens with one attached hydrogen (secondary N) is 2. The number of hydrogen-bond acceptors (Lipinski definition) is 5. The molecule has 0 aromatic carbocycles. The fourth-order valence-electron chi connectivity index (χ4n) is 2.73. The molecule has 0 bridgehead atoms. The van der Waals surface area contributed by atoms with Crippen LogP contribution in [0.2, 0.25) is 0 Å². The molecule has 6 nitrogen and oxygen atoms in total. The van der Waals surface area contributed by atoms with E-state index in [-0.39, 0.29) is 18.8 Å². The van der Waals surface area contributed by atoms with E-state index in [1.807, 2.05) is 0 Å². The van der Waals surface area contributed by atoms with Gasteiger partial charge in [0.05, 0.1) is 11.9 Å². The molecule has 22 heavy (non-hydrogen) atoms. The third-order valence-corrected chi connectivity index (χ3v) is 5.31. The van der Waals surface area contributed by atoms with Crippen LogP contribution in [0.4, 0.5) is 13.2 Å². The van der Waals surface area contributed by atoms with Gasteiger partial charge < -0.3 is 10.1 Å². The molecule has 2 atom stereocenters. The molecular formula is C12H22F3N3O3S. The summed E-state index contributed by atoms with van der Waals surface area (Å²) < 4.78 is 70.6. The largest absolute Gasteiger partial charge is 0.405 e. The Morgan fingerprint density at radius 1 is 1.32 bits per heavy atom. The lowest BCUT2D eigenvalue weighted by molar-refractivity contribution is -0.182. The average molecular weight is 345 g/mol. The highest BCUT2D eigenvalue weighted by molar-refractivity contribution is 7.89. The number of piperazine rings is 1.